The topological polar surface area (TPSA) is 63.4 Å². The lowest BCUT2D eigenvalue weighted by atomic mass is 10.2. The maximum Gasteiger partial charge on any atom is 0.218 e. The number of nitrogens with zero attached hydrogens (tertiary/aromatic N) is 1. The van der Waals surface area contributed by atoms with E-state index in [0.29, 0.717) is 12.2 Å². The molecule has 0 aliphatic heterocycles. The van der Waals surface area contributed by atoms with Crippen molar-refractivity contribution in [2.24, 2.45) is 0 Å². The van der Waals surface area contributed by atoms with Crippen molar-refractivity contribution in [3.8, 4) is 0 Å². The molecule has 2 aromatic rings. The summed E-state index contributed by atoms with van der Waals surface area (Å²) in [6.07, 6.45) is 0. The van der Waals surface area contributed by atoms with E-state index in [1.165, 1.54) is 4.31 Å². The number of halogens is 1. The van der Waals surface area contributed by atoms with E-state index in [1.807, 2.05) is 11.4 Å². The van der Waals surface area contributed by atoms with Crippen LogP contribution in [0.4, 0.5) is 5.69 Å². The van der Waals surface area contributed by atoms with Crippen molar-refractivity contribution in [1.82, 2.24) is 4.31 Å². The smallest absolute Gasteiger partial charge is 0.218 e. The van der Waals surface area contributed by atoms with Crippen molar-refractivity contribution in [2.45, 2.75) is 12.3 Å². The van der Waals surface area contributed by atoms with Crippen molar-refractivity contribution in [3.63, 3.8) is 0 Å². The van der Waals surface area contributed by atoms with Gasteiger partial charge < -0.3 is 5.73 Å². The molecule has 7 heteroatoms. The Bertz CT molecular complexity index is 681. The van der Waals surface area contributed by atoms with Crippen molar-refractivity contribution in [3.05, 3.63) is 50.6 Å². The maximum absolute atomic E-state index is 12.3. The number of hydrogen-bond acceptors (Lipinski definition) is 4. The second-order valence-electron chi connectivity index (χ2n) is 4.51. The summed E-state index contributed by atoms with van der Waals surface area (Å²) in [5.74, 6) is -0.0188. The van der Waals surface area contributed by atoms with Crippen LogP contribution in [0.15, 0.2) is 39.5 Å². The van der Waals surface area contributed by atoms with Crippen LogP contribution >= 0.6 is 27.3 Å². The van der Waals surface area contributed by atoms with Gasteiger partial charge in [0.25, 0.3) is 0 Å². The van der Waals surface area contributed by atoms with Crippen molar-refractivity contribution in [2.75, 3.05) is 12.8 Å². The van der Waals surface area contributed by atoms with Gasteiger partial charge in [-0.05, 0) is 50.6 Å². The molecule has 20 heavy (non-hydrogen) atoms. The van der Waals surface area contributed by atoms with Crippen LogP contribution in [0.2, 0.25) is 0 Å². The molecule has 0 saturated heterocycles. The van der Waals surface area contributed by atoms with Gasteiger partial charge in [0, 0.05) is 19.3 Å². The van der Waals surface area contributed by atoms with E-state index in [4.69, 9.17) is 5.73 Å². The molecule has 1 heterocycles. The Morgan fingerprint density at radius 3 is 2.45 bits per heavy atom. The monoisotopic (exact) mass is 374 g/mol. The fourth-order valence-corrected chi connectivity index (χ4v) is 4.10. The molecule has 0 amide bonds. The van der Waals surface area contributed by atoms with Crippen LogP contribution in [0.5, 0.6) is 0 Å². The summed E-state index contributed by atoms with van der Waals surface area (Å²) >= 11 is 4.92. The zero-order valence-corrected chi connectivity index (χ0v) is 14.1. The lowest BCUT2D eigenvalue weighted by Gasteiger charge is -2.16. The molecule has 108 valence electrons. The van der Waals surface area contributed by atoms with Gasteiger partial charge in [-0.1, -0.05) is 12.1 Å². The average molecular weight is 375 g/mol. The van der Waals surface area contributed by atoms with E-state index in [2.05, 4.69) is 15.9 Å². The second kappa shape index (κ2) is 6.26. The number of rotatable bonds is 5. The number of hydrogen-bond donors (Lipinski definition) is 1. The molecule has 0 spiro atoms. The highest BCUT2D eigenvalue weighted by Crippen LogP contribution is 2.22. The van der Waals surface area contributed by atoms with E-state index in [1.54, 1.807) is 42.6 Å². The Kier molecular flexibility index (Phi) is 4.85. The molecule has 0 fully saturated rings. The third-order valence-electron chi connectivity index (χ3n) is 2.83. The quantitative estimate of drug-likeness (QED) is 0.817. The minimum atomic E-state index is -3.33. The molecule has 0 radical (unpaired) electrons. The minimum Gasteiger partial charge on any atom is -0.399 e. The fraction of sp³-hybridized carbons (Fsp3) is 0.231. The Hall–Kier alpha value is -0.890. The standard InChI is InChI=1S/C13H15BrN2O2S2/c1-16(7-11-6-13(14)19-8-11)20(17,18)9-10-2-4-12(15)5-3-10/h2-6,8H,7,9,15H2,1H3. The first kappa shape index (κ1) is 15.5. The fourth-order valence-electron chi connectivity index (χ4n) is 1.72. The summed E-state index contributed by atoms with van der Waals surface area (Å²) in [5, 5.41) is 1.94. The summed E-state index contributed by atoms with van der Waals surface area (Å²) < 4.78 is 26.9. The molecule has 0 bridgehead atoms. The Morgan fingerprint density at radius 1 is 1.25 bits per heavy atom. The summed E-state index contributed by atoms with van der Waals surface area (Å²) in [5.41, 5.74) is 7.93. The van der Waals surface area contributed by atoms with Crippen LogP contribution in [-0.4, -0.2) is 19.8 Å². The van der Waals surface area contributed by atoms with Crippen molar-refractivity contribution in [1.29, 1.82) is 0 Å². The molecular formula is C13H15BrN2O2S2. The van der Waals surface area contributed by atoms with Gasteiger partial charge in [0.2, 0.25) is 10.0 Å². The number of nitrogen functional groups attached to an aromatic ring is 1. The van der Waals surface area contributed by atoms with E-state index in [0.717, 1.165) is 14.9 Å². The van der Waals surface area contributed by atoms with Gasteiger partial charge in [-0.2, -0.15) is 0 Å². The SMILES string of the molecule is CN(Cc1csc(Br)c1)S(=O)(=O)Cc1ccc(N)cc1. The average Bonchev–Trinajstić information content (AvgIpc) is 2.77. The van der Waals surface area contributed by atoms with Crippen LogP contribution < -0.4 is 5.73 Å². The predicted molar refractivity (Wildman–Crippen MR) is 87.0 cm³/mol. The molecule has 2 N–H and O–H groups in total. The third kappa shape index (κ3) is 4.05. The van der Waals surface area contributed by atoms with Crippen molar-refractivity contribution >= 4 is 43.0 Å². The molecule has 0 atom stereocenters. The Labute approximate surface area is 131 Å². The number of nitrogens with two attached hydrogens (primary N) is 1. The molecule has 1 aromatic carbocycles. The first-order valence-electron chi connectivity index (χ1n) is 5.88. The summed E-state index contributed by atoms with van der Waals surface area (Å²) in [6, 6.07) is 8.82. The Balaban J connectivity index is 2.07. The van der Waals surface area contributed by atoms with Gasteiger partial charge in [-0.3, -0.25) is 0 Å². The highest BCUT2D eigenvalue weighted by Gasteiger charge is 2.19. The Morgan fingerprint density at radius 2 is 1.90 bits per heavy atom. The van der Waals surface area contributed by atoms with Crippen LogP contribution in [0.3, 0.4) is 0 Å². The van der Waals surface area contributed by atoms with Gasteiger partial charge >= 0.3 is 0 Å². The highest BCUT2D eigenvalue weighted by molar-refractivity contribution is 9.11. The lowest BCUT2D eigenvalue weighted by Crippen LogP contribution is -2.27. The minimum absolute atomic E-state index is 0.0188. The van der Waals surface area contributed by atoms with Gasteiger partial charge in [-0.25, -0.2) is 12.7 Å². The first-order valence-corrected chi connectivity index (χ1v) is 9.16. The normalized spacial score (nSPS) is 11.9. The van der Waals surface area contributed by atoms with E-state index in [9.17, 15) is 8.42 Å². The third-order valence-corrected chi connectivity index (χ3v) is 6.16. The molecule has 4 nitrogen and oxygen atoms in total. The van der Waals surface area contributed by atoms with E-state index < -0.39 is 10.0 Å². The molecule has 1 aromatic heterocycles. The molecule has 0 unspecified atom stereocenters. The summed E-state index contributed by atoms with van der Waals surface area (Å²) in [6.45, 7) is 0.374. The number of sulfonamides is 1. The number of thiophene rings is 1. The van der Waals surface area contributed by atoms with Gasteiger partial charge in [0.05, 0.1) is 9.54 Å². The molecule has 0 aliphatic carbocycles. The molecule has 2 rings (SSSR count). The molecule has 0 aliphatic rings. The lowest BCUT2D eigenvalue weighted by molar-refractivity contribution is 0.466. The predicted octanol–water partition coefficient (Wildman–Crippen LogP) is 3.05. The largest absolute Gasteiger partial charge is 0.399 e. The second-order valence-corrected chi connectivity index (χ2v) is 8.88. The van der Waals surface area contributed by atoms with Crippen LogP contribution in [0, 0.1) is 0 Å². The van der Waals surface area contributed by atoms with Gasteiger partial charge in [-0.15, -0.1) is 11.3 Å². The number of benzene rings is 1. The van der Waals surface area contributed by atoms with Crippen LogP contribution in [0.1, 0.15) is 11.1 Å². The van der Waals surface area contributed by atoms with Crippen LogP contribution in [0.25, 0.3) is 0 Å². The number of anilines is 1. The molecule has 0 saturated carbocycles. The van der Waals surface area contributed by atoms with E-state index in [-0.39, 0.29) is 5.75 Å². The first-order chi connectivity index (χ1) is 9.37. The summed E-state index contributed by atoms with van der Waals surface area (Å²) in [4.78, 5) is 0. The van der Waals surface area contributed by atoms with Crippen molar-refractivity contribution < 1.29 is 8.42 Å². The highest BCUT2D eigenvalue weighted by atomic mass is 79.9. The summed E-state index contributed by atoms with van der Waals surface area (Å²) in [7, 11) is -1.74. The van der Waals surface area contributed by atoms with E-state index >= 15 is 0 Å². The zero-order valence-electron chi connectivity index (χ0n) is 10.9. The zero-order chi connectivity index (χ0) is 14.8. The van der Waals surface area contributed by atoms with Crippen LogP contribution in [-0.2, 0) is 22.3 Å². The van der Waals surface area contributed by atoms with Gasteiger partial charge in [0.15, 0.2) is 0 Å². The van der Waals surface area contributed by atoms with Gasteiger partial charge in [0.1, 0.15) is 0 Å². The maximum atomic E-state index is 12.3. The molecular weight excluding hydrogens is 360 g/mol.